The number of aryl methyl sites for hydroxylation is 1. The summed E-state index contributed by atoms with van der Waals surface area (Å²) in [5.41, 5.74) is 3.53. The lowest BCUT2D eigenvalue weighted by Gasteiger charge is -2.20. The molecule has 4 atom stereocenters. The summed E-state index contributed by atoms with van der Waals surface area (Å²) >= 11 is 1.60. The fourth-order valence-corrected chi connectivity index (χ4v) is 6.01. The first kappa shape index (κ1) is 26.1. The summed E-state index contributed by atoms with van der Waals surface area (Å²) in [6.45, 7) is 3.94. The number of benzene rings is 2. The van der Waals surface area contributed by atoms with Gasteiger partial charge in [-0.3, -0.25) is 0 Å². The van der Waals surface area contributed by atoms with Gasteiger partial charge in [-0.2, -0.15) is 4.98 Å². The second-order valence-corrected chi connectivity index (χ2v) is 10.7. The standard InChI is InChI=1S/C28H33N5O4S/c1-15(17-10-20(36-3)13-21(11-17)37-4)29-28-30-16(2)25(27-32-22-7-5-6-8-24(22)38-27)26(33-28)31-19-9-18(14-34)23(35)12-19/h5-8,10-11,13,15,18-19,23,34-35H,9,12,14H2,1-4H3,(H2,29,30,31,33)/t15?,18-,19-,23+/m1/s1. The number of fused-ring (bicyclic) bond motifs is 1. The second kappa shape index (κ2) is 11.1. The van der Waals surface area contributed by atoms with E-state index in [2.05, 4.69) is 16.7 Å². The molecule has 0 amide bonds. The largest absolute Gasteiger partial charge is 0.497 e. The number of aromatic nitrogens is 3. The first-order valence-electron chi connectivity index (χ1n) is 12.7. The van der Waals surface area contributed by atoms with E-state index in [1.54, 1.807) is 25.6 Å². The van der Waals surface area contributed by atoms with Crippen molar-refractivity contribution < 1.29 is 19.7 Å². The lowest BCUT2D eigenvalue weighted by molar-refractivity contribution is 0.0908. The van der Waals surface area contributed by atoms with Crippen molar-refractivity contribution in [1.82, 2.24) is 15.0 Å². The van der Waals surface area contributed by atoms with Crippen molar-refractivity contribution in [1.29, 1.82) is 0 Å². The topological polar surface area (TPSA) is 122 Å². The molecule has 0 spiro atoms. The van der Waals surface area contributed by atoms with Gasteiger partial charge in [0.25, 0.3) is 0 Å². The monoisotopic (exact) mass is 535 g/mol. The highest BCUT2D eigenvalue weighted by Crippen LogP contribution is 2.38. The SMILES string of the molecule is COc1cc(OC)cc(C(C)Nc2nc(C)c(-c3nc4ccccc4s3)c(N[C@@H]3C[C@H](CO)[C@@H](O)C3)n2)c1. The molecule has 1 unspecified atom stereocenters. The molecule has 2 aromatic heterocycles. The van der Waals surface area contributed by atoms with Crippen LogP contribution in [-0.2, 0) is 0 Å². The normalized spacial score (nSPS) is 19.9. The average Bonchev–Trinajstić information content (AvgIpc) is 3.50. The summed E-state index contributed by atoms with van der Waals surface area (Å²) in [6, 6.07) is 13.6. The van der Waals surface area contributed by atoms with Gasteiger partial charge in [-0.15, -0.1) is 11.3 Å². The summed E-state index contributed by atoms with van der Waals surface area (Å²) in [5, 5.41) is 27.8. The molecule has 2 heterocycles. The zero-order valence-electron chi connectivity index (χ0n) is 21.9. The first-order valence-corrected chi connectivity index (χ1v) is 13.5. The molecular formula is C28H33N5O4S. The van der Waals surface area contributed by atoms with Gasteiger partial charge in [-0.05, 0) is 56.5 Å². The van der Waals surface area contributed by atoms with E-state index in [-0.39, 0.29) is 24.6 Å². The summed E-state index contributed by atoms with van der Waals surface area (Å²) in [5.74, 6) is 2.39. The van der Waals surface area contributed by atoms with E-state index in [9.17, 15) is 10.2 Å². The molecule has 1 aliphatic carbocycles. The maximum atomic E-state index is 10.4. The van der Waals surface area contributed by atoms with Crippen molar-refractivity contribution in [2.45, 2.75) is 44.9 Å². The Hall–Kier alpha value is -3.47. The fourth-order valence-electron chi connectivity index (χ4n) is 4.94. The summed E-state index contributed by atoms with van der Waals surface area (Å²) in [4.78, 5) is 14.6. The molecule has 4 aromatic rings. The Morgan fingerprint density at radius 1 is 1.05 bits per heavy atom. The number of hydrogen-bond donors (Lipinski definition) is 4. The molecule has 0 bridgehead atoms. The Morgan fingerprint density at radius 3 is 2.45 bits per heavy atom. The van der Waals surface area contributed by atoms with E-state index in [0.29, 0.717) is 36.1 Å². The van der Waals surface area contributed by atoms with Gasteiger partial charge in [0.2, 0.25) is 5.95 Å². The quantitative estimate of drug-likeness (QED) is 0.239. The van der Waals surface area contributed by atoms with Crippen LogP contribution in [0.3, 0.4) is 0 Å². The number of anilines is 2. The molecule has 4 N–H and O–H groups in total. The molecule has 2 aromatic carbocycles. The number of rotatable bonds is 9. The van der Waals surface area contributed by atoms with E-state index < -0.39 is 6.10 Å². The zero-order valence-corrected chi connectivity index (χ0v) is 22.7. The zero-order chi connectivity index (χ0) is 26.8. The molecule has 38 heavy (non-hydrogen) atoms. The van der Waals surface area contributed by atoms with E-state index in [4.69, 9.17) is 24.4 Å². The average molecular weight is 536 g/mol. The van der Waals surface area contributed by atoms with Gasteiger partial charge >= 0.3 is 0 Å². The van der Waals surface area contributed by atoms with E-state index in [1.165, 1.54) is 0 Å². The Kier molecular flexibility index (Phi) is 7.64. The van der Waals surface area contributed by atoms with Crippen molar-refractivity contribution in [3.05, 3.63) is 53.7 Å². The molecule has 9 nitrogen and oxygen atoms in total. The minimum absolute atomic E-state index is 0.0301. The van der Waals surface area contributed by atoms with Crippen LogP contribution in [0.15, 0.2) is 42.5 Å². The summed E-state index contributed by atoms with van der Waals surface area (Å²) in [6.07, 6.45) is 0.644. The van der Waals surface area contributed by atoms with Crippen LogP contribution in [0.5, 0.6) is 11.5 Å². The summed E-state index contributed by atoms with van der Waals surface area (Å²) < 4.78 is 12.0. The van der Waals surface area contributed by atoms with Crippen LogP contribution in [0.25, 0.3) is 20.8 Å². The van der Waals surface area contributed by atoms with Crippen molar-refractivity contribution in [3.63, 3.8) is 0 Å². The molecule has 10 heteroatoms. The maximum absolute atomic E-state index is 10.4. The third kappa shape index (κ3) is 5.38. The van der Waals surface area contributed by atoms with Gasteiger partial charge in [0.05, 0.1) is 47.8 Å². The van der Waals surface area contributed by atoms with Crippen molar-refractivity contribution in [3.8, 4) is 22.1 Å². The Labute approximate surface area is 225 Å². The number of methoxy groups -OCH3 is 2. The van der Waals surface area contributed by atoms with Crippen molar-refractivity contribution in [2.75, 3.05) is 31.5 Å². The molecular weight excluding hydrogens is 502 g/mol. The third-order valence-corrected chi connectivity index (χ3v) is 8.10. The van der Waals surface area contributed by atoms with E-state index in [0.717, 1.165) is 32.0 Å². The van der Waals surface area contributed by atoms with Crippen LogP contribution >= 0.6 is 11.3 Å². The number of hydrogen-bond acceptors (Lipinski definition) is 10. The Balaban J connectivity index is 1.51. The number of aliphatic hydroxyl groups is 2. The van der Waals surface area contributed by atoms with Gasteiger partial charge in [-0.25, -0.2) is 9.97 Å². The number of thiazole rings is 1. The second-order valence-electron chi connectivity index (χ2n) is 9.68. The smallest absolute Gasteiger partial charge is 0.225 e. The van der Waals surface area contributed by atoms with Crippen molar-refractivity contribution >= 4 is 33.3 Å². The highest BCUT2D eigenvalue weighted by atomic mass is 32.1. The molecule has 0 radical (unpaired) electrons. The number of aliphatic hydroxyl groups excluding tert-OH is 2. The highest BCUT2D eigenvalue weighted by molar-refractivity contribution is 7.21. The Bertz CT molecular complexity index is 1370. The van der Waals surface area contributed by atoms with Crippen molar-refractivity contribution in [2.24, 2.45) is 5.92 Å². The first-order chi connectivity index (χ1) is 18.4. The van der Waals surface area contributed by atoms with Crippen LogP contribution in [0, 0.1) is 12.8 Å². The minimum atomic E-state index is -0.549. The summed E-state index contributed by atoms with van der Waals surface area (Å²) in [7, 11) is 3.26. The highest BCUT2D eigenvalue weighted by Gasteiger charge is 2.33. The molecule has 1 fully saturated rings. The molecule has 0 aliphatic heterocycles. The van der Waals surface area contributed by atoms with Gasteiger partial charge in [0, 0.05) is 24.6 Å². The van der Waals surface area contributed by atoms with Gasteiger partial charge in [-0.1, -0.05) is 12.1 Å². The van der Waals surface area contributed by atoms with Crippen LogP contribution < -0.4 is 20.1 Å². The van der Waals surface area contributed by atoms with E-state index in [1.807, 2.05) is 50.2 Å². The number of nitrogens with one attached hydrogen (secondary N) is 2. The van der Waals surface area contributed by atoms with Crippen LogP contribution in [0.2, 0.25) is 0 Å². The van der Waals surface area contributed by atoms with Crippen LogP contribution in [0.1, 0.15) is 37.1 Å². The van der Waals surface area contributed by atoms with Crippen LogP contribution in [-0.4, -0.2) is 58.1 Å². The molecule has 1 saturated carbocycles. The maximum Gasteiger partial charge on any atom is 0.225 e. The predicted molar refractivity (Wildman–Crippen MR) is 150 cm³/mol. The number of nitrogens with zero attached hydrogens (tertiary/aromatic N) is 3. The molecule has 0 saturated heterocycles. The molecule has 5 rings (SSSR count). The Morgan fingerprint density at radius 2 is 1.79 bits per heavy atom. The predicted octanol–water partition coefficient (Wildman–Crippen LogP) is 4.80. The van der Waals surface area contributed by atoms with Gasteiger partial charge < -0.3 is 30.3 Å². The van der Waals surface area contributed by atoms with Crippen LogP contribution in [0.4, 0.5) is 11.8 Å². The molecule has 200 valence electrons. The minimum Gasteiger partial charge on any atom is -0.497 e. The van der Waals surface area contributed by atoms with Gasteiger partial charge in [0.1, 0.15) is 22.3 Å². The lowest BCUT2D eigenvalue weighted by Crippen LogP contribution is -2.20. The fraction of sp³-hybridized carbons (Fsp3) is 0.393. The molecule has 1 aliphatic rings. The third-order valence-electron chi connectivity index (χ3n) is 7.05. The van der Waals surface area contributed by atoms with E-state index >= 15 is 0 Å². The number of para-hydroxylation sites is 1. The number of ether oxygens (including phenoxy) is 2. The lowest BCUT2D eigenvalue weighted by atomic mass is 10.1. The van der Waals surface area contributed by atoms with Gasteiger partial charge in [0.15, 0.2) is 0 Å².